The molecule has 2 saturated heterocycles. The molecule has 0 saturated carbocycles. The molecule has 3 aliphatic heterocycles. The first-order chi connectivity index (χ1) is 20.7. The second kappa shape index (κ2) is 11.2. The molecule has 43 heavy (non-hydrogen) atoms. The van der Waals surface area contributed by atoms with Gasteiger partial charge >= 0.3 is 6.03 Å². The van der Waals surface area contributed by atoms with Crippen LogP contribution in [0, 0.1) is 10.1 Å². The van der Waals surface area contributed by atoms with Crippen molar-refractivity contribution in [1.82, 2.24) is 15.5 Å². The van der Waals surface area contributed by atoms with Crippen molar-refractivity contribution in [3.8, 4) is 0 Å². The smallest absolute Gasteiger partial charge is 0.326 e. The van der Waals surface area contributed by atoms with Gasteiger partial charge in [0.15, 0.2) is 0 Å². The standard InChI is InChI=1S/C31H26N6O6/c38-26-2-1-14-36(26)15-13-18-3-7-20(8-4-18)28(27-23-17-22(37(42)43)11-12-24(23)33-30(27)40)32-21-9-5-19(6-10-21)16-25-29(39)35-31(41)34-25/h3-12,16-17,32H,1-2,13-15H2,(H,33,40)(H2,34,35,39,41)/b25-16+,28-27-. The predicted molar refractivity (Wildman–Crippen MR) is 159 cm³/mol. The van der Waals surface area contributed by atoms with Crippen molar-refractivity contribution < 1.29 is 24.1 Å². The van der Waals surface area contributed by atoms with Gasteiger partial charge < -0.3 is 20.9 Å². The SMILES string of the molecule is O=C1NC(=O)/C(=C\c2ccc(N/C(=C3\C(=O)Nc4ccc([N+](=O)[O-])cc43)c3ccc(CCN4CCCC4=O)cc3)cc2)N1. The number of nitro groups is 1. The zero-order valence-electron chi connectivity index (χ0n) is 22.8. The number of carbonyl (C=O) groups is 4. The number of rotatable bonds is 8. The second-order valence-electron chi connectivity index (χ2n) is 10.3. The topological polar surface area (TPSA) is 163 Å². The molecule has 0 aliphatic carbocycles. The number of hydrogen-bond donors (Lipinski definition) is 4. The van der Waals surface area contributed by atoms with Crippen LogP contribution in [0.5, 0.6) is 0 Å². The minimum Gasteiger partial charge on any atom is -0.354 e. The minimum atomic E-state index is -0.586. The molecule has 4 N–H and O–H groups in total. The predicted octanol–water partition coefficient (Wildman–Crippen LogP) is 3.87. The molecule has 3 aromatic carbocycles. The molecule has 0 aromatic heterocycles. The normalized spacial score (nSPS) is 18.0. The van der Waals surface area contributed by atoms with Crippen molar-refractivity contribution in [3.63, 3.8) is 0 Å². The number of urea groups is 1. The van der Waals surface area contributed by atoms with Crippen LogP contribution in [0.2, 0.25) is 0 Å². The van der Waals surface area contributed by atoms with Crippen LogP contribution in [-0.4, -0.2) is 46.7 Å². The molecule has 0 atom stereocenters. The molecule has 12 heteroatoms. The number of carbonyl (C=O) groups excluding carboxylic acids is 4. The van der Waals surface area contributed by atoms with E-state index in [0.717, 1.165) is 18.5 Å². The molecular formula is C31H26N6O6. The maximum atomic E-state index is 13.3. The Bertz CT molecular complexity index is 1740. The molecule has 216 valence electrons. The van der Waals surface area contributed by atoms with Gasteiger partial charge in [-0.1, -0.05) is 36.4 Å². The van der Waals surface area contributed by atoms with Gasteiger partial charge in [0.2, 0.25) is 5.91 Å². The van der Waals surface area contributed by atoms with Crippen LogP contribution in [-0.2, 0) is 20.8 Å². The number of hydrogen-bond acceptors (Lipinski definition) is 7. The van der Waals surface area contributed by atoms with Crippen molar-refractivity contribution in [2.24, 2.45) is 0 Å². The van der Waals surface area contributed by atoms with Gasteiger partial charge in [-0.05, 0) is 53.8 Å². The number of fused-ring (bicyclic) bond motifs is 1. The Morgan fingerprint density at radius 2 is 1.70 bits per heavy atom. The van der Waals surface area contributed by atoms with E-state index in [0.29, 0.717) is 53.1 Å². The van der Waals surface area contributed by atoms with E-state index >= 15 is 0 Å². The molecule has 2 fully saturated rings. The maximum Gasteiger partial charge on any atom is 0.326 e. The zero-order valence-corrected chi connectivity index (χ0v) is 22.8. The fraction of sp³-hybridized carbons (Fsp3) is 0.161. The lowest BCUT2D eigenvalue weighted by molar-refractivity contribution is -0.384. The van der Waals surface area contributed by atoms with Gasteiger partial charge in [-0.2, -0.15) is 0 Å². The number of nitrogens with one attached hydrogen (secondary N) is 4. The van der Waals surface area contributed by atoms with E-state index in [9.17, 15) is 29.3 Å². The summed E-state index contributed by atoms with van der Waals surface area (Å²) in [6.45, 7) is 1.41. The van der Waals surface area contributed by atoms with Crippen molar-refractivity contribution in [2.75, 3.05) is 23.7 Å². The molecule has 12 nitrogen and oxygen atoms in total. The first kappa shape index (κ1) is 27.4. The van der Waals surface area contributed by atoms with Crippen molar-refractivity contribution in [3.05, 3.63) is 105 Å². The van der Waals surface area contributed by atoms with Crippen LogP contribution in [0.15, 0.2) is 72.4 Å². The molecule has 6 rings (SSSR count). The number of nitro benzene ring substituents is 1. The molecule has 3 aliphatic rings. The number of non-ortho nitro benzene ring substituents is 1. The highest BCUT2D eigenvalue weighted by Gasteiger charge is 2.30. The molecule has 5 amide bonds. The summed E-state index contributed by atoms with van der Waals surface area (Å²) in [6, 6.07) is 18.3. The largest absolute Gasteiger partial charge is 0.354 e. The van der Waals surface area contributed by atoms with Gasteiger partial charge in [-0.15, -0.1) is 0 Å². The van der Waals surface area contributed by atoms with Crippen molar-refractivity contribution >= 4 is 58.2 Å². The number of likely N-dealkylation sites (tertiary alicyclic amines) is 1. The molecule has 0 unspecified atom stereocenters. The Morgan fingerprint density at radius 3 is 2.35 bits per heavy atom. The molecule has 0 spiro atoms. The highest BCUT2D eigenvalue weighted by atomic mass is 16.6. The highest BCUT2D eigenvalue weighted by molar-refractivity contribution is 6.37. The van der Waals surface area contributed by atoms with Gasteiger partial charge in [0.25, 0.3) is 17.5 Å². The molecule has 0 radical (unpaired) electrons. The van der Waals surface area contributed by atoms with Gasteiger partial charge in [0.05, 0.1) is 16.2 Å². The Hall–Kier alpha value is -5.78. The molecule has 3 heterocycles. The fourth-order valence-corrected chi connectivity index (χ4v) is 5.29. The Morgan fingerprint density at radius 1 is 0.930 bits per heavy atom. The third-order valence-electron chi connectivity index (χ3n) is 7.50. The third kappa shape index (κ3) is 5.71. The van der Waals surface area contributed by atoms with Gasteiger partial charge in [-0.25, -0.2) is 4.79 Å². The Kier molecular flexibility index (Phi) is 7.16. The van der Waals surface area contributed by atoms with E-state index in [-0.39, 0.29) is 22.9 Å². The minimum absolute atomic E-state index is 0.128. The van der Waals surface area contributed by atoms with Crippen LogP contribution in [0.1, 0.15) is 35.1 Å². The summed E-state index contributed by atoms with van der Waals surface area (Å²) in [5.41, 5.74) is 4.56. The Balaban J connectivity index is 1.34. The lowest BCUT2D eigenvalue weighted by Crippen LogP contribution is -2.26. The first-order valence-corrected chi connectivity index (χ1v) is 13.7. The van der Waals surface area contributed by atoms with Crippen molar-refractivity contribution in [1.29, 1.82) is 0 Å². The summed E-state index contributed by atoms with van der Waals surface area (Å²) >= 11 is 0. The quantitative estimate of drug-likeness (QED) is 0.136. The number of nitrogens with zero attached hydrogens (tertiary/aromatic N) is 2. The molecular weight excluding hydrogens is 552 g/mol. The van der Waals surface area contributed by atoms with Crippen LogP contribution in [0.25, 0.3) is 17.3 Å². The summed E-state index contributed by atoms with van der Waals surface area (Å²) in [5, 5.41) is 22.2. The Labute approximate surface area is 245 Å². The van der Waals surface area contributed by atoms with E-state index in [1.165, 1.54) is 24.3 Å². The van der Waals surface area contributed by atoms with Gasteiger partial charge in [-0.3, -0.25) is 29.8 Å². The fourth-order valence-electron chi connectivity index (χ4n) is 5.29. The number of anilines is 2. The summed E-state index contributed by atoms with van der Waals surface area (Å²) in [5.74, 6) is -0.750. The second-order valence-corrected chi connectivity index (χ2v) is 10.3. The molecule has 3 aromatic rings. The molecule has 0 bridgehead atoms. The number of imide groups is 1. The van der Waals surface area contributed by atoms with Crippen LogP contribution in [0.4, 0.5) is 21.9 Å². The lowest BCUT2D eigenvalue weighted by atomic mass is 9.98. The third-order valence-corrected chi connectivity index (χ3v) is 7.50. The average molecular weight is 579 g/mol. The lowest BCUT2D eigenvalue weighted by Gasteiger charge is -2.17. The van der Waals surface area contributed by atoms with Crippen LogP contribution >= 0.6 is 0 Å². The summed E-state index contributed by atoms with van der Waals surface area (Å²) < 4.78 is 0. The van der Waals surface area contributed by atoms with Crippen molar-refractivity contribution in [2.45, 2.75) is 19.3 Å². The van der Waals surface area contributed by atoms with E-state index in [1.54, 1.807) is 24.3 Å². The van der Waals surface area contributed by atoms with Crippen LogP contribution in [0.3, 0.4) is 0 Å². The first-order valence-electron chi connectivity index (χ1n) is 13.7. The monoisotopic (exact) mass is 578 g/mol. The van der Waals surface area contributed by atoms with E-state index in [4.69, 9.17) is 0 Å². The van der Waals surface area contributed by atoms with E-state index in [2.05, 4.69) is 21.3 Å². The summed E-state index contributed by atoms with van der Waals surface area (Å²) in [6.07, 6.45) is 3.70. The zero-order chi connectivity index (χ0) is 30.1. The number of amides is 5. The maximum absolute atomic E-state index is 13.3. The van der Waals surface area contributed by atoms with Gasteiger partial charge in [0, 0.05) is 48.6 Å². The van der Waals surface area contributed by atoms with E-state index in [1.807, 2.05) is 29.2 Å². The van der Waals surface area contributed by atoms with Crippen LogP contribution < -0.4 is 21.3 Å². The van der Waals surface area contributed by atoms with Gasteiger partial charge in [0.1, 0.15) is 5.70 Å². The van der Waals surface area contributed by atoms with E-state index < -0.39 is 22.8 Å². The average Bonchev–Trinajstić information content (AvgIpc) is 3.66. The number of benzene rings is 3. The summed E-state index contributed by atoms with van der Waals surface area (Å²) in [7, 11) is 0. The highest BCUT2D eigenvalue weighted by Crippen LogP contribution is 2.39. The summed E-state index contributed by atoms with van der Waals surface area (Å²) in [4.78, 5) is 61.4.